The maximum Gasteiger partial charge on any atom is 0.244 e. The fourth-order valence-corrected chi connectivity index (χ4v) is 2.20. The molecular weight excluding hydrogens is 274 g/mol. The van der Waals surface area contributed by atoms with Gasteiger partial charge in [-0.05, 0) is 49.7 Å². The third kappa shape index (κ3) is 3.01. The van der Waals surface area contributed by atoms with E-state index < -0.39 is 0 Å². The third-order valence-electron chi connectivity index (χ3n) is 3.03. The van der Waals surface area contributed by atoms with Crippen LogP contribution < -0.4 is 5.32 Å². The second-order valence-electron chi connectivity index (χ2n) is 4.57. The Kier molecular flexibility index (Phi) is 4.11. The van der Waals surface area contributed by atoms with E-state index in [1.165, 1.54) is 0 Å². The fraction of sp³-hybridized carbons (Fsp3) is 0.200. The SMILES string of the molecule is Cc1cc(C)n(CC(=O)Nc2ccc(Cl)cc2)c1C#N. The first-order chi connectivity index (χ1) is 9.51. The van der Waals surface area contributed by atoms with Gasteiger partial charge in [0.25, 0.3) is 0 Å². The average molecular weight is 288 g/mol. The number of carbonyl (C=O) groups excluding carboxylic acids is 1. The smallest absolute Gasteiger partial charge is 0.244 e. The number of nitriles is 1. The molecule has 4 nitrogen and oxygen atoms in total. The Morgan fingerprint density at radius 2 is 2.00 bits per heavy atom. The van der Waals surface area contributed by atoms with Crippen molar-refractivity contribution in [1.29, 1.82) is 5.26 Å². The van der Waals surface area contributed by atoms with E-state index in [1.54, 1.807) is 28.8 Å². The highest BCUT2D eigenvalue weighted by atomic mass is 35.5. The lowest BCUT2D eigenvalue weighted by atomic mass is 10.3. The van der Waals surface area contributed by atoms with Crippen molar-refractivity contribution in [3.05, 3.63) is 52.3 Å². The van der Waals surface area contributed by atoms with E-state index in [2.05, 4.69) is 11.4 Å². The maximum atomic E-state index is 12.0. The number of hydrogen-bond donors (Lipinski definition) is 1. The van der Waals surface area contributed by atoms with Gasteiger partial charge in [0.1, 0.15) is 18.3 Å². The molecular formula is C15H14ClN3O. The Labute approximate surface area is 122 Å². The van der Waals surface area contributed by atoms with E-state index in [1.807, 2.05) is 19.9 Å². The highest BCUT2D eigenvalue weighted by Gasteiger charge is 2.12. The number of carbonyl (C=O) groups is 1. The van der Waals surface area contributed by atoms with Crippen molar-refractivity contribution in [2.24, 2.45) is 0 Å². The molecule has 1 aromatic heterocycles. The van der Waals surface area contributed by atoms with Crippen LogP contribution in [0.25, 0.3) is 0 Å². The number of amides is 1. The summed E-state index contributed by atoms with van der Waals surface area (Å²) in [5.41, 5.74) is 2.97. The molecule has 2 rings (SSSR count). The molecule has 2 aromatic rings. The number of aromatic nitrogens is 1. The van der Waals surface area contributed by atoms with E-state index in [4.69, 9.17) is 16.9 Å². The van der Waals surface area contributed by atoms with Crippen LogP contribution in [0.1, 0.15) is 17.0 Å². The third-order valence-corrected chi connectivity index (χ3v) is 3.28. The van der Waals surface area contributed by atoms with Crippen LogP contribution in [0, 0.1) is 25.2 Å². The summed E-state index contributed by atoms with van der Waals surface area (Å²) in [5.74, 6) is -0.178. The van der Waals surface area contributed by atoms with Gasteiger partial charge in [0.15, 0.2) is 0 Å². The molecule has 0 aliphatic rings. The summed E-state index contributed by atoms with van der Waals surface area (Å²) in [6, 6.07) is 10.9. The molecule has 102 valence electrons. The van der Waals surface area contributed by atoms with Crippen molar-refractivity contribution in [1.82, 2.24) is 4.57 Å². The molecule has 1 N–H and O–H groups in total. The lowest BCUT2D eigenvalue weighted by molar-refractivity contribution is -0.116. The van der Waals surface area contributed by atoms with Crippen molar-refractivity contribution in [3.63, 3.8) is 0 Å². The Hall–Kier alpha value is -2.25. The zero-order valence-corrected chi connectivity index (χ0v) is 12.0. The standard InChI is InChI=1S/C15H14ClN3O/c1-10-7-11(2)19(14(10)8-17)9-15(20)18-13-5-3-12(16)4-6-13/h3-7H,9H2,1-2H3,(H,18,20). The molecule has 0 aliphatic carbocycles. The van der Waals surface area contributed by atoms with E-state index >= 15 is 0 Å². The van der Waals surface area contributed by atoms with Crippen LogP contribution >= 0.6 is 11.6 Å². The first-order valence-electron chi connectivity index (χ1n) is 6.13. The molecule has 0 fully saturated rings. The summed E-state index contributed by atoms with van der Waals surface area (Å²) < 4.78 is 1.71. The van der Waals surface area contributed by atoms with Crippen molar-refractivity contribution in [3.8, 4) is 6.07 Å². The molecule has 20 heavy (non-hydrogen) atoms. The van der Waals surface area contributed by atoms with Crippen molar-refractivity contribution in [2.75, 3.05) is 5.32 Å². The predicted octanol–water partition coefficient (Wildman–Crippen LogP) is 3.27. The summed E-state index contributed by atoms with van der Waals surface area (Å²) in [5, 5.41) is 12.5. The highest BCUT2D eigenvalue weighted by molar-refractivity contribution is 6.30. The van der Waals surface area contributed by atoms with Crippen LogP contribution in [-0.4, -0.2) is 10.5 Å². The molecule has 1 aromatic carbocycles. The number of anilines is 1. The highest BCUT2D eigenvalue weighted by Crippen LogP contribution is 2.16. The molecule has 0 aliphatic heterocycles. The van der Waals surface area contributed by atoms with Gasteiger partial charge in [-0.15, -0.1) is 0 Å². The Morgan fingerprint density at radius 1 is 1.35 bits per heavy atom. The summed E-state index contributed by atoms with van der Waals surface area (Å²) in [7, 11) is 0. The Bertz CT molecular complexity index is 680. The van der Waals surface area contributed by atoms with Crippen molar-refractivity contribution >= 4 is 23.2 Å². The molecule has 5 heteroatoms. The minimum absolute atomic E-state index is 0.116. The number of nitrogens with one attached hydrogen (secondary N) is 1. The summed E-state index contributed by atoms with van der Waals surface area (Å²) in [6.45, 7) is 3.85. The number of nitrogens with zero attached hydrogens (tertiary/aromatic N) is 2. The minimum Gasteiger partial charge on any atom is -0.327 e. The summed E-state index contributed by atoms with van der Waals surface area (Å²) in [6.07, 6.45) is 0. The largest absolute Gasteiger partial charge is 0.327 e. The summed E-state index contributed by atoms with van der Waals surface area (Å²) in [4.78, 5) is 12.0. The van der Waals surface area contributed by atoms with Crippen molar-refractivity contribution < 1.29 is 4.79 Å². The van der Waals surface area contributed by atoms with Crippen LogP contribution in [0.3, 0.4) is 0 Å². The van der Waals surface area contributed by atoms with Gasteiger partial charge >= 0.3 is 0 Å². The lowest BCUT2D eigenvalue weighted by Gasteiger charge is -2.09. The number of benzene rings is 1. The van der Waals surface area contributed by atoms with E-state index in [9.17, 15) is 4.79 Å². The molecule has 0 saturated carbocycles. The van der Waals surface area contributed by atoms with Gasteiger partial charge in [-0.1, -0.05) is 11.6 Å². The number of aryl methyl sites for hydroxylation is 2. The van der Waals surface area contributed by atoms with Gasteiger partial charge in [-0.2, -0.15) is 5.26 Å². The van der Waals surface area contributed by atoms with Gasteiger partial charge in [0, 0.05) is 16.4 Å². The van der Waals surface area contributed by atoms with E-state index in [0.29, 0.717) is 16.4 Å². The van der Waals surface area contributed by atoms with Gasteiger partial charge in [0.05, 0.1) is 0 Å². The molecule has 1 amide bonds. The van der Waals surface area contributed by atoms with Gasteiger partial charge in [-0.25, -0.2) is 0 Å². The van der Waals surface area contributed by atoms with Gasteiger partial charge in [0.2, 0.25) is 5.91 Å². The second-order valence-corrected chi connectivity index (χ2v) is 5.01. The van der Waals surface area contributed by atoms with Crippen LogP contribution in [0.5, 0.6) is 0 Å². The first kappa shape index (κ1) is 14.2. The topological polar surface area (TPSA) is 57.8 Å². The van der Waals surface area contributed by atoms with Crippen molar-refractivity contribution in [2.45, 2.75) is 20.4 Å². The molecule has 0 spiro atoms. The molecule has 1 heterocycles. The zero-order chi connectivity index (χ0) is 14.7. The molecule has 0 radical (unpaired) electrons. The van der Waals surface area contributed by atoms with Gasteiger partial charge < -0.3 is 9.88 Å². The normalized spacial score (nSPS) is 10.1. The molecule has 0 unspecified atom stereocenters. The monoisotopic (exact) mass is 287 g/mol. The number of halogens is 1. The van der Waals surface area contributed by atoms with Gasteiger partial charge in [-0.3, -0.25) is 4.79 Å². The molecule has 0 atom stereocenters. The Balaban J connectivity index is 2.13. The van der Waals surface area contributed by atoms with Crippen LogP contribution in [0.15, 0.2) is 30.3 Å². The van der Waals surface area contributed by atoms with Crippen LogP contribution in [-0.2, 0) is 11.3 Å². The quantitative estimate of drug-likeness (QED) is 0.942. The lowest BCUT2D eigenvalue weighted by Crippen LogP contribution is -2.20. The number of hydrogen-bond acceptors (Lipinski definition) is 2. The maximum absolute atomic E-state index is 12.0. The van der Waals surface area contributed by atoms with Crippen LogP contribution in [0.2, 0.25) is 5.02 Å². The minimum atomic E-state index is -0.178. The zero-order valence-electron chi connectivity index (χ0n) is 11.3. The van der Waals surface area contributed by atoms with Crippen LogP contribution in [0.4, 0.5) is 5.69 Å². The Morgan fingerprint density at radius 3 is 2.60 bits per heavy atom. The average Bonchev–Trinajstić information content (AvgIpc) is 2.66. The number of rotatable bonds is 3. The first-order valence-corrected chi connectivity index (χ1v) is 6.51. The summed E-state index contributed by atoms with van der Waals surface area (Å²) >= 11 is 5.79. The van der Waals surface area contributed by atoms with E-state index in [-0.39, 0.29) is 12.5 Å². The molecule has 0 bridgehead atoms. The second kappa shape index (κ2) is 5.81. The van der Waals surface area contributed by atoms with E-state index in [0.717, 1.165) is 11.3 Å². The predicted molar refractivity (Wildman–Crippen MR) is 78.7 cm³/mol. The fourth-order valence-electron chi connectivity index (χ4n) is 2.08. The molecule has 0 saturated heterocycles.